The summed E-state index contributed by atoms with van der Waals surface area (Å²) in [5.41, 5.74) is 1.14. The van der Waals surface area contributed by atoms with Gasteiger partial charge in [-0.05, 0) is 19.1 Å². The Morgan fingerprint density at radius 3 is 3.33 bits per heavy atom. The molecule has 0 radical (unpaired) electrons. The number of aromatic nitrogens is 1. The molecular weight excluding hydrogens is 246 g/mol. The van der Waals surface area contributed by atoms with E-state index in [1.807, 2.05) is 12.1 Å². The number of hydrogen-bond acceptors (Lipinski definition) is 5. The molecule has 1 saturated heterocycles. The second-order valence-corrected chi connectivity index (χ2v) is 5.57. The standard InChI is InChI=1S/C13H17N3OS/c1-10-7-16(5-4-14-10)8-11-9-18-13(15-11)12-3-2-6-17-12/h2-3,6,9-10,14H,4-5,7-8H2,1H3/t10-/m0/s1. The lowest BCUT2D eigenvalue weighted by Crippen LogP contribution is -2.48. The molecule has 1 atom stereocenters. The molecule has 0 aliphatic carbocycles. The molecule has 2 aromatic heterocycles. The largest absolute Gasteiger partial charge is 0.462 e. The fourth-order valence-corrected chi connectivity index (χ4v) is 3.06. The van der Waals surface area contributed by atoms with Gasteiger partial charge in [0, 0.05) is 37.6 Å². The quantitative estimate of drug-likeness (QED) is 0.921. The predicted octanol–water partition coefficient (Wildman–Crippen LogP) is 2.20. The van der Waals surface area contributed by atoms with Crippen LogP contribution in [0.2, 0.25) is 0 Å². The van der Waals surface area contributed by atoms with Crippen molar-refractivity contribution in [2.45, 2.75) is 19.5 Å². The van der Waals surface area contributed by atoms with Crippen LogP contribution in [-0.2, 0) is 6.54 Å². The highest BCUT2D eigenvalue weighted by molar-refractivity contribution is 7.13. The lowest BCUT2D eigenvalue weighted by atomic mass is 10.2. The molecule has 1 aliphatic heterocycles. The molecule has 0 amide bonds. The van der Waals surface area contributed by atoms with Crippen molar-refractivity contribution in [1.82, 2.24) is 15.2 Å². The van der Waals surface area contributed by atoms with Crippen LogP contribution in [0.3, 0.4) is 0 Å². The van der Waals surface area contributed by atoms with Crippen molar-refractivity contribution in [2.75, 3.05) is 19.6 Å². The average molecular weight is 263 g/mol. The van der Waals surface area contributed by atoms with Gasteiger partial charge in [-0.3, -0.25) is 4.90 Å². The summed E-state index contributed by atoms with van der Waals surface area (Å²) >= 11 is 1.65. The van der Waals surface area contributed by atoms with Crippen molar-refractivity contribution >= 4 is 11.3 Å². The predicted molar refractivity (Wildman–Crippen MR) is 72.6 cm³/mol. The fourth-order valence-electron chi connectivity index (χ4n) is 2.28. The highest BCUT2D eigenvalue weighted by Crippen LogP contribution is 2.24. The Labute approximate surface area is 111 Å². The van der Waals surface area contributed by atoms with Crippen LogP contribution in [0.25, 0.3) is 10.8 Å². The minimum absolute atomic E-state index is 0.571. The molecule has 96 valence electrons. The summed E-state index contributed by atoms with van der Waals surface area (Å²) in [4.78, 5) is 7.08. The van der Waals surface area contributed by atoms with Crippen molar-refractivity contribution < 1.29 is 4.42 Å². The molecule has 0 bridgehead atoms. The molecule has 0 saturated carbocycles. The summed E-state index contributed by atoms with van der Waals surface area (Å²) in [7, 11) is 0. The Bertz CT molecular complexity index is 494. The van der Waals surface area contributed by atoms with E-state index in [2.05, 4.69) is 27.5 Å². The van der Waals surface area contributed by atoms with E-state index in [0.717, 1.165) is 42.6 Å². The zero-order valence-electron chi connectivity index (χ0n) is 10.4. The topological polar surface area (TPSA) is 41.3 Å². The van der Waals surface area contributed by atoms with E-state index in [9.17, 15) is 0 Å². The number of hydrogen-bond donors (Lipinski definition) is 1. The Morgan fingerprint density at radius 1 is 1.61 bits per heavy atom. The number of furan rings is 1. The van der Waals surface area contributed by atoms with E-state index < -0.39 is 0 Å². The average Bonchev–Trinajstić information content (AvgIpc) is 2.98. The number of piperazine rings is 1. The molecule has 1 N–H and O–H groups in total. The third kappa shape index (κ3) is 2.63. The maximum Gasteiger partial charge on any atom is 0.162 e. The van der Waals surface area contributed by atoms with Gasteiger partial charge >= 0.3 is 0 Å². The van der Waals surface area contributed by atoms with Crippen LogP contribution in [0, 0.1) is 0 Å². The molecule has 5 heteroatoms. The molecule has 3 rings (SSSR count). The Balaban J connectivity index is 1.66. The van der Waals surface area contributed by atoms with Gasteiger partial charge in [0.2, 0.25) is 0 Å². The smallest absolute Gasteiger partial charge is 0.162 e. The molecule has 0 unspecified atom stereocenters. The Morgan fingerprint density at radius 2 is 2.56 bits per heavy atom. The lowest BCUT2D eigenvalue weighted by Gasteiger charge is -2.31. The zero-order chi connectivity index (χ0) is 12.4. The highest BCUT2D eigenvalue weighted by Gasteiger charge is 2.17. The first-order valence-electron chi connectivity index (χ1n) is 6.25. The summed E-state index contributed by atoms with van der Waals surface area (Å²) in [6.45, 7) is 6.41. The summed E-state index contributed by atoms with van der Waals surface area (Å²) in [5.74, 6) is 0.861. The normalized spacial score (nSPS) is 21.3. The second-order valence-electron chi connectivity index (χ2n) is 4.71. The summed E-state index contributed by atoms with van der Waals surface area (Å²) in [6, 6.07) is 4.42. The van der Waals surface area contributed by atoms with Crippen LogP contribution in [0.1, 0.15) is 12.6 Å². The van der Waals surface area contributed by atoms with E-state index in [-0.39, 0.29) is 0 Å². The first-order chi connectivity index (χ1) is 8.81. The van der Waals surface area contributed by atoms with Gasteiger partial charge in [0.05, 0.1) is 12.0 Å². The SMILES string of the molecule is C[C@H]1CN(Cc2csc(-c3ccco3)n2)CCN1. The Kier molecular flexibility index (Phi) is 3.45. The maximum absolute atomic E-state index is 5.36. The molecule has 1 fully saturated rings. The van der Waals surface area contributed by atoms with Crippen molar-refractivity contribution in [2.24, 2.45) is 0 Å². The number of nitrogens with zero attached hydrogens (tertiary/aromatic N) is 2. The third-order valence-corrected chi connectivity index (χ3v) is 4.03. The van der Waals surface area contributed by atoms with Gasteiger partial charge in [-0.15, -0.1) is 11.3 Å². The van der Waals surface area contributed by atoms with Gasteiger partial charge in [-0.25, -0.2) is 4.98 Å². The molecule has 4 nitrogen and oxygen atoms in total. The van der Waals surface area contributed by atoms with E-state index >= 15 is 0 Å². The molecule has 2 aromatic rings. The Hall–Kier alpha value is -1.17. The van der Waals surface area contributed by atoms with Gasteiger partial charge in [0.25, 0.3) is 0 Å². The molecule has 0 spiro atoms. The van der Waals surface area contributed by atoms with E-state index in [4.69, 9.17) is 4.42 Å². The molecule has 1 aliphatic rings. The number of thiazole rings is 1. The molecular formula is C13H17N3OS. The van der Waals surface area contributed by atoms with E-state index in [1.165, 1.54) is 0 Å². The van der Waals surface area contributed by atoms with Crippen LogP contribution < -0.4 is 5.32 Å². The minimum Gasteiger partial charge on any atom is -0.462 e. The minimum atomic E-state index is 0.571. The highest BCUT2D eigenvalue weighted by atomic mass is 32.1. The summed E-state index contributed by atoms with van der Waals surface area (Å²) < 4.78 is 5.36. The van der Waals surface area contributed by atoms with Crippen molar-refractivity contribution in [1.29, 1.82) is 0 Å². The van der Waals surface area contributed by atoms with Gasteiger partial charge in [0.1, 0.15) is 0 Å². The third-order valence-electron chi connectivity index (χ3n) is 3.12. The van der Waals surface area contributed by atoms with Crippen LogP contribution in [0.5, 0.6) is 0 Å². The van der Waals surface area contributed by atoms with Crippen molar-refractivity contribution in [3.05, 3.63) is 29.5 Å². The zero-order valence-corrected chi connectivity index (χ0v) is 11.2. The number of rotatable bonds is 3. The maximum atomic E-state index is 5.36. The monoisotopic (exact) mass is 263 g/mol. The summed E-state index contributed by atoms with van der Waals surface area (Å²) in [6.07, 6.45) is 1.69. The molecule has 18 heavy (non-hydrogen) atoms. The van der Waals surface area contributed by atoms with Gasteiger partial charge in [-0.2, -0.15) is 0 Å². The number of nitrogens with one attached hydrogen (secondary N) is 1. The van der Waals surface area contributed by atoms with Crippen molar-refractivity contribution in [3.8, 4) is 10.8 Å². The first-order valence-corrected chi connectivity index (χ1v) is 7.13. The molecule has 0 aromatic carbocycles. The van der Waals surface area contributed by atoms with Gasteiger partial charge < -0.3 is 9.73 Å². The summed E-state index contributed by atoms with van der Waals surface area (Å²) in [5, 5.41) is 6.55. The van der Waals surface area contributed by atoms with Crippen molar-refractivity contribution in [3.63, 3.8) is 0 Å². The van der Waals surface area contributed by atoms with Crippen LogP contribution in [0.15, 0.2) is 28.2 Å². The van der Waals surface area contributed by atoms with Crippen LogP contribution in [0.4, 0.5) is 0 Å². The first kappa shape index (κ1) is 11.9. The van der Waals surface area contributed by atoms with Gasteiger partial charge in [-0.1, -0.05) is 0 Å². The molecule has 3 heterocycles. The van der Waals surface area contributed by atoms with E-state index in [0.29, 0.717) is 6.04 Å². The fraction of sp³-hybridized carbons (Fsp3) is 0.462. The van der Waals surface area contributed by atoms with Crippen LogP contribution in [-0.4, -0.2) is 35.6 Å². The van der Waals surface area contributed by atoms with E-state index in [1.54, 1.807) is 17.6 Å². The second kappa shape index (κ2) is 5.22. The lowest BCUT2D eigenvalue weighted by molar-refractivity contribution is 0.198. The van der Waals surface area contributed by atoms with Crippen LogP contribution >= 0.6 is 11.3 Å². The van der Waals surface area contributed by atoms with Gasteiger partial charge in [0.15, 0.2) is 10.8 Å².